The Kier molecular flexibility index (Phi) is 7.17. The number of hydrogen-bond acceptors (Lipinski definition) is 6. The molecule has 11 heteroatoms. The van der Waals surface area contributed by atoms with Gasteiger partial charge in [-0.25, -0.2) is 0 Å². The van der Waals surface area contributed by atoms with Crippen LogP contribution in [0.1, 0.15) is 36.8 Å². The van der Waals surface area contributed by atoms with Crippen LogP contribution in [0.4, 0.5) is 0 Å². The molecule has 180 valence electrons. The third-order valence-corrected chi connectivity index (χ3v) is 8.74. The summed E-state index contributed by atoms with van der Waals surface area (Å²) in [5.74, 6) is -1.15. The Balaban J connectivity index is 1.35. The molecule has 10 nitrogen and oxygen atoms in total. The zero-order chi connectivity index (χ0) is 24.3. The predicted octanol–water partition coefficient (Wildman–Crippen LogP) is 0.578. The lowest BCUT2D eigenvalue weighted by atomic mass is 9.97. The Morgan fingerprint density at radius 3 is 2.38 bits per heavy atom. The van der Waals surface area contributed by atoms with Gasteiger partial charge in [0.2, 0.25) is 11.8 Å². The molecule has 0 saturated carbocycles. The minimum Gasteiger partial charge on any atom is -0.350 e. The number of carbonyl (C=O) groups is 2. The van der Waals surface area contributed by atoms with Crippen molar-refractivity contribution in [2.45, 2.75) is 38.3 Å². The molecule has 0 aliphatic carbocycles. The topological polar surface area (TPSA) is 138 Å². The lowest BCUT2D eigenvalue weighted by Gasteiger charge is -2.41. The normalized spacial score (nSPS) is 24.1. The van der Waals surface area contributed by atoms with E-state index in [0.29, 0.717) is 44.5 Å². The summed E-state index contributed by atoms with van der Waals surface area (Å²) < 4.78 is 28.4. The monoisotopic (exact) mass is 484 g/mol. The maximum absolute atomic E-state index is 13.3. The zero-order valence-electron chi connectivity index (χ0n) is 18.9. The molecule has 0 bridgehead atoms. The molecule has 1 N–H and O–H groups in total. The standard InChI is InChI=1S/C23H28N6O4S/c24-11-17-5-7-18(8-6-17)13-26-22(30)21-4-2-10-29(21)23(31)20-3-1-9-27(16-20)34(32,33)28-14-19(12-25)15-28/h5-8,19-21H,1-4,9-10,13-16H2,(H,26,30)/t20?,21-/m1/s1. The summed E-state index contributed by atoms with van der Waals surface area (Å²) in [6, 6.07) is 10.5. The predicted molar refractivity (Wildman–Crippen MR) is 122 cm³/mol. The fourth-order valence-electron chi connectivity index (χ4n) is 4.77. The molecule has 3 heterocycles. The first-order valence-electron chi connectivity index (χ1n) is 11.6. The molecule has 0 aromatic heterocycles. The van der Waals surface area contributed by atoms with Crippen molar-refractivity contribution in [3.63, 3.8) is 0 Å². The molecule has 0 spiro atoms. The van der Waals surface area contributed by atoms with Gasteiger partial charge in [-0.1, -0.05) is 12.1 Å². The first-order chi connectivity index (χ1) is 16.3. The molecule has 1 unspecified atom stereocenters. The van der Waals surface area contributed by atoms with E-state index in [1.54, 1.807) is 29.2 Å². The maximum Gasteiger partial charge on any atom is 0.282 e. The number of benzene rings is 1. The quantitative estimate of drug-likeness (QED) is 0.627. The van der Waals surface area contributed by atoms with Crippen LogP contribution in [0.15, 0.2) is 24.3 Å². The van der Waals surface area contributed by atoms with Gasteiger partial charge in [0, 0.05) is 39.3 Å². The highest BCUT2D eigenvalue weighted by atomic mass is 32.2. The van der Waals surface area contributed by atoms with Crippen LogP contribution < -0.4 is 5.32 Å². The fourth-order valence-corrected chi connectivity index (χ4v) is 6.56. The molecular formula is C23H28N6O4S. The van der Waals surface area contributed by atoms with E-state index < -0.39 is 22.2 Å². The van der Waals surface area contributed by atoms with Crippen LogP contribution in [-0.4, -0.2) is 72.5 Å². The minimum atomic E-state index is -3.69. The highest BCUT2D eigenvalue weighted by Crippen LogP contribution is 2.29. The van der Waals surface area contributed by atoms with Crippen LogP contribution in [0, 0.1) is 34.5 Å². The molecule has 3 aliphatic rings. The van der Waals surface area contributed by atoms with Crippen molar-refractivity contribution in [2.24, 2.45) is 11.8 Å². The lowest BCUT2D eigenvalue weighted by Crippen LogP contribution is -2.57. The molecule has 1 aromatic carbocycles. The van der Waals surface area contributed by atoms with Gasteiger partial charge in [0.25, 0.3) is 10.2 Å². The molecule has 0 radical (unpaired) electrons. The van der Waals surface area contributed by atoms with E-state index in [2.05, 4.69) is 17.5 Å². The number of nitrogens with zero attached hydrogens (tertiary/aromatic N) is 5. The lowest BCUT2D eigenvalue weighted by molar-refractivity contribution is -0.142. The van der Waals surface area contributed by atoms with Gasteiger partial charge in [0.05, 0.1) is 29.5 Å². The number of carbonyl (C=O) groups excluding carboxylic acids is 2. The van der Waals surface area contributed by atoms with Crippen molar-refractivity contribution < 1.29 is 18.0 Å². The summed E-state index contributed by atoms with van der Waals surface area (Å²) in [4.78, 5) is 27.8. The Hall–Kier alpha value is -2.99. The van der Waals surface area contributed by atoms with Crippen molar-refractivity contribution in [2.75, 3.05) is 32.7 Å². The van der Waals surface area contributed by atoms with Gasteiger partial charge in [-0.2, -0.15) is 27.6 Å². The number of nitrogens with one attached hydrogen (secondary N) is 1. The van der Waals surface area contributed by atoms with E-state index in [1.807, 2.05) is 0 Å². The van der Waals surface area contributed by atoms with E-state index >= 15 is 0 Å². The van der Waals surface area contributed by atoms with Gasteiger partial charge in [0.15, 0.2) is 0 Å². The van der Waals surface area contributed by atoms with Crippen LogP contribution in [0.5, 0.6) is 0 Å². The van der Waals surface area contributed by atoms with Crippen LogP contribution >= 0.6 is 0 Å². The molecule has 2 atom stereocenters. The second-order valence-corrected chi connectivity index (χ2v) is 11.0. The van der Waals surface area contributed by atoms with Gasteiger partial charge in [-0.05, 0) is 43.4 Å². The summed E-state index contributed by atoms with van der Waals surface area (Å²) in [5, 5.41) is 20.7. The maximum atomic E-state index is 13.3. The SMILES string of the molecule is N#Cc1ccc(CNC(=O)[C@H]2CCCN2C(=O)C2CCCN(S(=O)(=O)N3CC(C#N)C3)C2)cc1. The highest BCUT2D eigenvalue weighted by molar-refractivity contribution is 7.86. The summed E-state index contributed by atoms with van der Waals surface area (Å²) in [7, 11) is -3.69. The first kappa shape index (κ1) is 24.1. The molecule has 3 aliphatic heterocycles. The average Bonchev–Trinajstić information content (AvgIpc) is 3.32. The van der Waals surface area contributed by atoms with Crippen molar-refractivity contribution in [1.82, 2.24) is 18.8 Å². The fraction of sp³-hybridized carbons (Fsp3) is 0.565. The third-order valence-electron chi connectivity index (χ3n) is 6.80. The van der Waals surface area contributed by atoms with E-state index in [0.717, 1.165) is 12.0 Å². The third kappa shape index (κ3) is 4.92. The van der Waals surface area contributed by atoms with Gasteiger partial charge < -0.3 is 10.2 Å². The minimum absolute atomic E-state index is 0.102. The number of piperidine rings is 1. The van der Waals surface area contributed by atoms with Gasteiger partial charge in [0.1, 0.15) is 6.04 Å². The molecule has 2 amide bonds. The second-order valence-electron chi connectivity index (χ2n) is 9.06. The van der Waals surface area contributed by atoms with E-state index in [-0.39, 0.29) is 37.4 Å². The highest BCUT2D eigenvalue weighted by Gasteiger charge is 2.44. The van der Waals surface area contributed by atoms with Crippen molar-refractivity contribution in [3.8, 4) is 12.1 Å². The molecular weight excluding hydrogens is 456 g/mol. The number of nitriles is 2. The average molecular weight is 485 g/mol. The van der Waals surface area contributed by atoms with Crippen LogP contribution in [-0.2, 0) is 26.3 Å². The Morgan fingerprint density at radius 2 is 1.71 bits per heavy atom. The molecule has 4 rings (SSSR count). The Labute approximate surface area is 199 Å². The molecule has 34 heavy (non-hydrogen) atoms. The number of rotatable bonds is 6. The van der Waals surface area contributed by atoms with E-state index in [4.69, 9.17) is 10.5 Å². The van der Waals surface area contributed by atoms with E-state index in [1.165, 1.54) is 8.61 Å². The number of amides is 2. The second kappa shape index (κ2) is 10.1. The van der Waals surface area contributed by atoms with Gasteiger partial charge in [-0.15, -0.1) is 0 Å². The van der Waals surface area contributed by atoms with Crippen molar-refractivity contribution >= 4 is 22.0 Å². The number of likely N-dealkylation sites (tertiary alicyclic amines) is 1. The molecule has 3 fully saturated rings. The number of hydrogen-bond donors (Lipinski definition) is 1. The smallest absolute Gasteiger partial charge is 0.282 e. The largest absolute Gasteiger partial charge is 0.350 e. The summed E-state index contributed by atoms with van der Waals surface area (Å²) >= 11 is 0. The zero-order valence-corrected chi connectivity index (χ0v) is 19.7. The van der Waals surface area contributed by atoms with Gasteiger partial charge >= 0.3 is 0 Å². The Morgan fingerprint density at radius 1 is 1.00 bits per heavy atom. The summed E-state index contributed by atoms with van der Waals surface area (Å²) in [5.41, 5.74) is 1.41. The first-order valence-corrected chi connectivity index (χ1v) is 12.9. The Bertz CT molecular complexity index is 1120. The van der Waals surface area contributed by atoms with Gasteiger partial charge in [-0.3, -0.25) is 9.59 Å². The molecule has 1 aromatic rings. The van der Waals surface area contributed by atoms with Crippen molar-refractivity contribution in [1.29, 1.82) is 10.5 Å². The van der Waals surface area contributed by atoms with Crippen LogP contribution in [0.25, 0.3) is 0 Å². The summed E-state index contributed by atoms with van der Waals surface area (Å²) in [6.07, 6.45) is 2.46. The van der Waals surface area contributed by atoms with Crippen molar-refractivity contribution in [3.05, 3.63) is 35.4 Å². The van der Waals surface area contributed by atoms with Crippen LogP contribution in [0.3, 0.4) is 0 Å². The van der Waals surface area contributed by atoms with Crippen LogP contribution in [0.2, 0.25) is 0 Å². The van der Waals surface area contributed by atoms with E-state index in [9.17, 15) is 18.0 Å². The summed E-state index contributed by atoms with van der Waals surface area (Å²) in [6.45, 7) is 1.63. The molecule has 3 saturated heterocycles.